The van der Waals surface area contributed by atoms with Crippen LogP contribution in [-0.4, -0.2) is 37.5 Å². The fourth-order valence-electron chi connectivity index (χ4n) is 2.62. The molecule has 0 aliphatic carbocycles. The van der Waals surface area contributed by atoms with Crippen LogP contribution in [0.4, 0.5) is 0 Å². The molecule has 0 saturated carbocycles. The Labute approximate surface area is 155 Å². The molecule has 3 aromatic heterocycles. The molecule has 0 saturated heterocycles. The van der Waals surface area contributed by atoms with Crippen molar-refractivity contribution in [3.05, 3.63) is 78.6 Å². The molecule has 1 aromatic carbocycles. The number of hydrogen-bond acceptors (Lipinski definition) is 6. The lowest BCUT2D eigenvalue weighted by atomic mass is 10.2. The van der Waals surface area contributed by atoms with Crippen LogP contribution >= 0.6 is 0 Å². The van der Waals surface area contributed by atoms with Gasteiger partial charge in [0.25, 0.3) is 5.91 Å². The van der Waals surface area contributed by atoms with Crippen LogP contribution in [-0.2, 0) is 13.1 Å². The standard InChI is InChI=1S/C19H17N5O3/c1-23(12-17-21-18(22-27-17)14-5-3-2-4-6-14)19(25)16-8-7-15(26-16)11-24-10-9-20-13-24/h2-10,13H,11-12H2,1H3. The summed E-state index contributed by atoms with van der Waals surface area (Å²) in [4.78, 5) is 22.4. The first-order chi connectivity index (χ1) is 13.2. The summed E-state index contributed by atoms with van der Waals surface area (Å²) in [6.45, 7) is 0.706. The first-order valence-electron chi connectivity index (χ1n) is 8.37. The fourth-order valence-corrected chi connectivity index (χ4v) is 2.62. The third-order valence-electron chi connectivity index (χ3n) is 3.99. The van der Waals surface area contributed by atoms with Crippen LogP contribution in [0.1, 0.15) is 22.2 Å². The summed E-state index contributed by atoms with van der Waals surface area (Å²) in [5.41, 5.74) is 0.858. The van der Waals surface area contributed by atoms with Gasteiger partial charge in [-0.1, -0.05) is 35.5 Å². The maximum Gasteiger partial charge on any atom is 0.289 e. The number of furan rings is 1. The Morgan fingerprint density at radius 1 is 1.19 bits per heavy atom. The number of amides is 1. The molecule has 136 valence electrons. The number of nitrogens with zero attached hydrogens (tertiary/aromatic N) is 5. The molecule has 8 heteroatoms. The van der Waals surface area contributed by atoms with Gasteiger partial charge in [0, 0.05) is 25.0 Å². The van der Waals surface area contributed by atoms with E-state index in [1.54, 1.807) is 31.7 Å². The van der Waals surface area contributed by atoms with E-state index in [-0.39, 0.29) is 18.2 Å². The van der Waals surface area contributed by atoms with E-state index in [2.05, 4.69) is 15.1 Å². The normalized spacial score (nSPS) is 10.9. The zero-order valence-electron chi connectivity index (χ0n) is 14.6. The predicted molar refractivity (Wildman–Crippen MR) is 95.6 cm³/mol. The van der Waals surface area contributed by atoms with Gasteiger partial charge in [-0.15, -0.1) is 0 Å². The number of carbonyl (C=O) groups is 1. The largest absolute Gasteiger partial charge is 0.454 e. The van der Waals surface area contributed by atoms with E-state index in [0.717, 1.165) is 5.56 Å². The van der Waals surface area contributed by atoms with Crippen LogP contribution in [0.25, 0.3) is 11.4 Å². The summed E-state index contributed by atoms with van der Waals surface area (Å²) in [7, 11) is 1.66. The van der Waals surface area contributed by atoms with Crippen molar-refractivity contribution in [2.24, 2.45) is 0 Å². The van der Waals surface area contributed by atoms with E-state index in [9.17, 15) is 4.79 Å². The Kier molecular flexibility index (Phi) is 4.52. The van der Waals surface area contributed by atoms with Gasteiger partial charge in [-0.25, -0.2) is 4.98 Å². The van der Waals surface area contributed by atoms with E-state index >= 15 is 0 Å². The topological polar surface area (TPSA) is 90.2 Å². The molecular formula is C19H17N5O3. The Hall–Kier alpha value is -3.68. The highest BCUT2D eigenvalue weighted by molar-refractivity contribution is 5.91. The van der Waals surface area contributed by atoms with Crippen LogP contribution < -0.4 is 0 Å². The number of carbonyl (C=O) groups excluding carboxylic acids is 1. The zero-order chi connectivity index (χ0) is 18.6. The Balaban J connectivity index is 1.41. The van der Waals surface area contributed by atoms with E-state index in [4.69, 9.17) is 8.94 Å². The smallest absolute Gasteiger partial charge is 0.289 e. The molecule has 0 bridgehead atoms. The van der Waals surface area contributed by atoms with E-state index in [0.29, 0.717) is 24.0 Å². The first-order valence-corrected chi connectivity index (χ1v) is 8.37. The molecule has 0 atom stereocenters. The summed E-state index contributed by atoms with van der Waals surface area (Å²) < 4.78 is 12.8. The summed E-state index contributed by atoms with van der Waals surface area (Å²) in [5, 5.41) is 3.96. The molecule has 3 heterocycles. The number of aromatic nitrogens is 4. The quantitative estimate of drug-likeness (QED) is 0.523. The molecule has 4 rings (SSSR count). The molecule has 0 N–H and O–H groups in total. The van der Waals surface area contributed by atoms with Crippen molar-refractivity contribution in [2.75, 3.05) is 7.05 Å². The number of rotatable bonds is 6. The lowest BCUT2D eigenvalue weighted by molar-refractivity contribution is 0.0736. The first kappa shape index (κ1) is 16.8. The van der Waals surface area contributed by atoms with Crippen molar-refractivity contribution >= 4 is 5.91 Å². The summed E-state index contributed by atoms with van der Waals surface area (Å²) in [6, 6.07) is 13.0. The summed E-state index contributed by atoms with van der Waals surface area (Å²) >= 11 is 0. The third kappa shape index (κ3) is 3.79. The lowest BCUT2D eigenvalue weighted by Crippen LogP contribution is -2.26. The highest BCUT2D eigenvalue weighted by Crippen LogP contribution is 2.17. The highest BCUT2D eigenvalue weighted by atomic mass is 16.5. The molecule has 0 unspecified atom stereocenters. The lowest BCUT2D eigenvalue weighted by Gasteiger charge is -2.12. The third-order valence-corrected chi connectivity index (χ3v) is 3.99. The molecule has 8 nitrogen and oxygen atoms in total. The molecule has 0 fully saturated rings. The minimum atomic E-state index is -0.258. The highest BCUT2D eigenvalue weighted by Gasteiger charge is 2.19. The molecular weight excluding hydrogens is 346 g/mol. The van der Waals surface area contributed by atoms with Crippen LogP contribution in [0.3, 0.4) is 0 Å². The van der Waals surface area contributed by atoms with Crippen LogP contribution in [0.15, 0.2) is 70.1 Å². The van der Waals surface area contributed by atoms with Crippen LogP contribution in [0.2, 0.25) is 0 Å². The molecule has 0 aliphatic heterocycles. The second-order valence-corrected chi connectivity index (χ2v) is 6.04. The number of benzene rings is 1. The second-order valence-electron chi connectivity index (χ2n) is 6.04. The van der Waals surface area contributed by atoms with Gasteiger partial charge in [0.1, 0.15) is 12.3 Å². The van der Waals surface area contributed by atoms with Gasteiger partial charge in [-0.3, -0.25) is 4.79 Å². The van der Waals surface area contributed by atoms with Crippen molar-refractivity contribution in [1.29, 1.82) is 0 Å². The monoisotopic (exact) mass is 363 g/mol. The Morgan fingerprint density at radius 3 is 2.81 bits per heavy atom. The van der Waals surface area contributed by atoms with Crippen molar-refractivity contribution in [1.82, 2.24) is 24.6 Å². The Morgan fingerprint density at radius 2 is 2.04 bits per heavy atom. The van der Waals surface area contributed by atoms with Crippen LogP contribution in [0, 0.1) is 0 Å². The van der Waals surface area contributed by atoms with Gasteiger partial charge in [0.05, 0.1) is 12.9 Å². The SMILES string of the molecule is CN(Cc1nc(-c2ccccc2)no1)C(=O)c1ccc(Cn2ccnc2)o1. The Bertz CT molecular complexity index is 1020. The molecule has 1 amide bonds. The van der Waals surface area contributed by atoms with Crippen molar-refractivity contribution < 1.29 is 13.7 Å². The maximum atomic E-state index is 12.6. The summed E-state index contributed by atoms with van der Waals surface area (Å²) in [5.74, 6) is 1.53. The zero-order valence-corrected chi connectivity index (χ0v) is 14.6. The second kappa shape index (κ2) is 7.28. The summed E-state index contributed by atoms with van der Waals surface area (Å²) in [6.07, 6.45) is 5.21. The molecule has 0 spiro atoms. The van der Waals surface area contributed by atoms with Gasteiger partial charge in [-0.05, 0) is 12.1 Å². The van der Waals surface area contributed by atoms with E-state index in [1.807, 2.05) is 41.1 Å². The van der Waals surface area contributed by atoms with Crippen molar-refractivity contribution in [2.45, 2.75) is 13.1 Å². The number of imidazole rings is 1. The number of hydrogen-bond donors (Lipinski definition) is 0. The molecule has 27 heavy (non-hydrogen) atoms. The van der Waals surface area contributed by atoms with Crippen molar-refractivity contribution in [3.63, 3.8) is 0 Å². The fraction of sp³-hybridized carbons (Fsp3) is 0.158. The average molecular weight is 363 g/mol. The van der Waals surface area contributed by atoms with Gasteiger partial charge < -0.3 is 18.4 Å². The predicted octanol–water partition coefficient (Wildman–Crippen LogP) is 2.85. The van der Waals surface area contributed by atoms with E-state index in [1.165, 1.54) is 4.90 Å². The molecule has 0 aliphatic rings. The van der Waals surface area contributed by atoms with E-state index < -0.39 is 0 Å². The molecule has 0 radical (unpaired) electrons. The molecule has 4 aromatic rings. The minimum absolute atomic E-state index is 0.191. The van der Waals surface area contributed by atoms with Crippen molar-refractivity contribution in [3.8, 4) is 11.4 Å². The van der Waals surface area contributed by atoms with Crippen LogP contribution in [0.5, 0.6) is 0 Å². The van der Waals surface area contributed by atoms with Gasteiger partial charge >= 0.3 is 0 Å². The average Bonchev–Trinajstić information content (AvgIpc) is 3.44. The van der Waals surface area contributed by atoms with Gasteiger partial charge in [0.15, 0.2) is 5.76 Å². The minimum Gasteiger partial charge on any atom is -0.454 e. The van der Waals surface area contributed by atoms with Gasteiger partial charge in [-0.2, -0.15) is 4.98 Å². The maximum absolute atomic E-state index is 12.6. The van der Waals surface area contributed by atoms with Gasteiger partial charge in [0.2, 0.25) is 11.7 Å².